The van der Waals surface area contributed by atoms with Crippen molar-refractivity contribution in [2.75, 3.05) is 33.8 Å². The van der Waals surface area contributed by atoms with Crippen LogP contribution in [0.25, 0.3) is 0 Å². The number of benzene rings is 1. The normalized spacial score (nSPS) is 20.5. The number of methoxy groups -OCH3 is 1. The fraction of sp³-hybridized carbons (Fsp3) is 0.647. The predicted molar refractivity (Wildman–Crippen MR) is 93.7 cm³/mol. The molecular weight excluding hydrogens is 344 g/mol. The quantitative estimate of drug-likeness (QED) is 0.828. The van der Waals surface area contributed by atoms with Crippen molar-refractivity contribution in [2.24, 2.45) is 0 Å². The molecule has 2 rings (SSSR count). The first kappa shape index (κ1) is 17.6. The fourth-order valence-corrected chi connectivity index (χ4v) is 3.91. The highest BCUT2D eigenvalue weighted by Gasteiger charge is 2.28. The van der Waals surface area contributed by atoms with Crippen molar-refractivity contribution < 1.29 is 9.84 Å². The van der Waals surface area contributed by atoms with E-state index in [0.717, 1.165) is 28.9 Å². The van der Waals surface area contributed by atoms with Crippen LogP contribution in [-0.4, -0.2) is 54.7 Å². The lowest BCUT2D eigenvalue weighted by atomic mass is 10.0. The van der Waals surface area contributed by atoms with Crippen molar-refractivity contribution >= 4 is 15.9 Å². The maximum absolute atomic E-state index is 10.3. The smallest absolute Gasteiger partial charge is 0.141 e. The van der Waals surface area contributed by atoms with Gasteiger partial charge in [-0.1, -0.05) is 6.92 Å². The number of likely N-dealkylation sites (N-methyl/N-ethyl adjacent to an activating group) is 2. The van der Waals surface area contributed by atoms with Gasteiger partial charge in [0.05, 0.1) is 17.1 Å². The predicted octanol–water partition coefficient (Wildman–Crippen LogP) is 3.64. The van der Waals surface area contributed by atoms with Crippen molar-refractivity contribution in [3.63, 3.8) is 0 Å². The van der Waals surface area contributed by atoms with E-state index < -0.39 is 0 Å². The van der Waals surface area contributed by atoms with E-state index in [9.17, 15) is 5.11 Å². The zero-order valence-corrected chi connectivity index (χ0v) is 15.6. The molecule has 1 saturated heterocycles. The molecular formula is C17H27BrN2O2. The number of phenols is 1. The van der Waals surface area contributed by atoms with Crippen LogP contribution < -0.4 is 4.74 Å². The highest BCUT2D eigenvalue weighted by atomic mass is 79.9. The highest BCUT2D eigenvalue weighted by molar-refractivity contribution is 9.10. The first-order valence-electron chi connectivity index (χ1n) is 7.99. The Morgan fingerprint density at radius 2 is 2.23 bits per heavy atom. The number of likely N-dealkylation sites (tertiary alicyclic amines) is 1. The first-order chi connectivity index (χ1) is 10.5. The molecule has 0 bridgehead atoms. The number of phenolic OH excluding ortho intramolecular Hbond substituents is 1. The van der Waals surface area contributed by atoms with Gasteiger partial charge in [-0.15, -0.1) is 0 Å². The van der Waals surface area contributed by atoms with E-state index in [0.29, 0.717) is 6.04 Å². The van der Waals surface area contributed by atoms with E-state index in [4.69, 9.17) is 4.74 Å². The third-order valence-electron chi connectivity index (χ3n) is 4.81. The Morgan fingerprint density at radius 3 is 2.86 bits per heavy atom. The molecule has 0 aromatic heterocycles. The summed E-state index contributed by atoms with van der Waals surface area (Å²) in [6.45, 7) is 7.66. The maximum atomic E-state index is 10.3. The minimum absolute atomic E-state index is 0.0896. The van der Waals surface area contributed by atoms with Gasteiger partial charge >= 0.3 is 0 Å². The molecule has 0 aliphatic carbocycles. The maximum Gasteiger partial charge on any atom is 0.141 e. The zero-order valence-electron chi connectivity index (χ0n) is 14.0. The van der Waals surface area contributed by atoms with Gasteiger partial charge in [0.15, 0.2) is 0 Å². The molecule has 1 aliphatic rings. The van der Waals surface area contributed by atoms with Crippen LogP contribution in [0, 0.1) is 0 Å². The van der Waals surface area contributed by atoms with Gasteiger partial charge in [0.2, 0.25) is 0 Å². The summed E-state index contributed by atoms with van der Waals surface area (Å²) in [4.78, 5) is 4.85. The minimum Gasteiger partial charge on any atom is -0.507 e. The Kier molecular flexibility index (Phi) is 6.12. The van der Waals surface area contributed by atoms with Crippen LogP contribution in [0.2, 0.25) is 0 Å². The molecule has 0 radical (unpaired) electrons. The Hall–Kier alpha value is -0.780. The third-order valence-corrected chi connectivity index (χ3v) is 5.44. The number of hydrogen-bond donors (Lipinski definition) is 1. The topological polar surface area (TPSA) is 35.9 Å². The first-order valence-corrected chi connectivity index (χ1v) is 8.78. The summed E-state index contributed by atoms with van der Waals surface area (Å²) in [5.74, 6) is 1.01. The molecule has 0 amide bonds. The average Bonchev–Trinajstić information content (AvgIpc) is 2.95. The van der Waals surface area contributed by atoms with Gasteiger partial charge in [-0.05, 0) is 68.0 Å². The van der Waals surface area contributed by atoms with E-state index in [2.05, 4.69) is 46.6 Å². The summed E-state index contributed by atoms with van der Waals surface area (Å²) in [6.07, 6.45) is 2.54. The van der Waals surface area contributed by atoms with Gasteiger partial charge in [-0.2, -0.15) is 0 Å². The third kappa shape index (κ3) is 3.58. The molecule has 1 aromatic carbocycles. The van der Waals surface area contributed by atoms with Gasteiger partial charge < -0.3 is 9.84 Å². The Labute approximate surface area is 142 Å². The molecule has 4 nitrogen and oxygen atoms in total. The summed E-state index contributed by atoms with van der Waals surface area (Å²) < 4.78 is 6.37. The molecule has 2 atom stereocenters. The Bertz CT molecular complexity index is 510. The second-order valence-electron chi connectivity index (χ2n) is 6.05. The molecule has 1 aliphatic heterocycles. The van der Waals surface area contributed by atoms with Crippen molar-refractivity contribution in [3.8, 4) is 11.5 Å². The number of aromatic hydroxyl groups is 1. The number of halogens is 1. The van der Waals surface area contributed by atoms with Crippen molar-refractivity contribution in [3.05, 3.63) is 22.2 Å². The van der Waals surface area contributed by atoms with E-state index in [1.807, 2.05) is 6.07 Å². The molecule has 1 heterocycles. The summed E-state index contributed by atoms with van der Waals surface area (Å²) >= 11 is 3.50. The van der Waals surface area contributed by atoms with Crippen LogP contribution >= 0.6 is 15.9 Å². The van der Waals surface area contributed by atoms with Gasteiger partial charge in [0.25, 0.3) is 0 Å². The van der Waals surface area contributed by atoms with Crippen LogP contribution in [0.5, 0.6) is 11.5 Å². The summed E-state index contributed by atoms with van der Waals surface area (Å²) in [7, 11) is 3.77. The average molecular weight is 371 g/mol. The molecule has 1 aromatic rings. The Morgan fingerprint density at radius 1 is 1.50 bits per heavy atom. The lowest BCUT2D eigenvalue weighted by Crippen LogP contribution is -2.39. The number of ether oxygens (including phenoxy) is 1. The molecule has 1 N–H and O–H groups in total. The van der Waals surface area contributed by atoms with Gasteiger partial charge in [0, 0.05) is 18.6 Å². The van der Waals surface area contributed by atoms with Gasteiger partial charge in [-0.25, -0.2) is 0 Å². The van der Waals surface area contributed by atoms with Crippen LogP contribution in [0.1, 0.15) is 38.3 Å². The number of rotatable bonds is 6. The largest absolute Gasteiger partial charge is 0.507 e. The fourth-order valence-electron chi connectivity index (χ4n) is 3.40. The summed E-state index contributed by atoms with van der Waals surface area (Å²) in [5, 5.41) is 10.3. The molecule has 1 fully saturated rings. The van der Waals surface area contributed by atoms with E-state index in [1.165, 1.54) is 19.4 Å². The SMILES string of the molecule is CCN1CCCC1CN(C)C(C)c1c(O)ccc(Br)c1OC. The standard InChI is InChI=1S/C17H27BrN2O2/c1-5-20-10-6-7-13(20)11-19(3)12(2)16-15(21)9-8-14(18)17(16)22-4/h8-9,12-13,21H,5-7,10-11H2,1-4H3. The summed E-state index contributed by atoms with van der Waals surface area (Å²) in [6, 6.07) is 4.24. The van der Waals surface area contributed by atoms with Crippen LogP contribution in [-0.2, 0) is 0 Å². The molecule has 124 valence electrons. The lowest BCUT2D eigenvalue weighted by molar-refractivity contribution is 0.167. The minimum atomic E-state index is 0.0896. The van der Waals surface area contributed by atoms with Crippen LogP contribution in [0.4, 0.5) is 0 Å². The zero-order chi connectivity index (χ0) is 16.3. The molecule has 5 heteroatoms. The second kappa shape index (κ2) is 7.66. The summed E-state index contributed by atoms with van der Waals surface area (Å²) in [5.41, 5.74) is 0.848. The van der Waals surface area contributed by atoms with Crippen LogP contribution in [0.15, 0.2) is 16.6 Å². The van der Waals surface area contributed by atoms with Crippen LogP contribution in [0.3, 0.4) is 0 Å². The van der Waals surface area contributed by atoms with E-state index >= 15 is 0 Å². The van der Waals surface area contributed by atoms with E-state index in [1.54, 1.807) is 13.2 Å². The van der Waals surface area contributed by atoms with Gasteiger partial charge in [-0.3, -0.25) is 9.80 Å². The van der Waals surface area contributed by atoms with E-state index in [-0.39, 0.29) is 11.8 Å². The molecule has 0 saturated carbocycles. The Balaban J connectivity index is 2.17. The monoisotopic (exact) mass is 370 g/mol. The number of hydrogen-bond acceptors (Lipinski definition) is 4. The molecule has 22 heavy (non-hydrogen) atoms. The van der Waals surface area contributed by atoms with Crippen molar-refractivity contribution in [1.29, 1.82) is 0 Å². The molecule has 0 spiro atoms. The number of nitrogens with zero attached hydrogens (tertiary/aromatic N) is 2. The highest BCUT2D eigenvalue weighted by Crippen LogP contribution is 2.41. The van der Waals surface area contributed by atoms with Gasteiger partial charge in [0.1, 0.15) is 11.5 Å². The van der Waals surface area contributed by atoms with Crippen molar-refractivity contribution in [2.45, 2.75) is 38.8 Å². The molecule has 2 unspecified atom stereocenters. The lowest BCUT2D eigenvalue weighted by Gasteiger charge is -2.32. The van der Waals surface area contributed by atoms with Crippen molar-refractivity contribution in [1.82, 2.24) is 9.80 Å². The second-order valence-corrected chi connectivity index (χ2v) is 6.91.